The fraction of sp³-hybridized carbons (Fsp3) is 0.682. The van der Waals surface area contributed by atoms with Crippen molar-refractivity contribution in [2.24, 2.45) is 5.92 Å². The van der Waals surface area contributed by atoms with Crippen molar-refractivity contribution in [2.75, 3.05) is 14.2 Å². The Morgan fingerprint density at radius 2 is 1.56 bits per heavy atom. The molecular weight excluding hydrogens is 466 g/mol. The molecular formula is C22H28BF5O6. The Morgan fingerprint density at radius 3 is 2.00 bits per heavy atom. The molecule has 4 atom stereocenters. The van der Waals surface area contributed by atoms with Gasteiger partial charge in [-0.3, -0.25) is 0 Å². The van der Waals surface area contributed by atoms with E-state index in [2.05, 4.69) is 4.74 Å². The van der Waals surface area contributed by atoms with Gasteiger partial charge < -0.3 is 23.5 Å². The summed E-state index contributed by atoms with van der Waals surface area (Å²) in [6.07, 6.45) is -6.62. The van der Waals surface area contributed by atoms with Crippen molar-refractivity contribution < 1.29 is 50.3 Å². The van der Waals surface area contributed by atoms with Crippen LogP contribution in [0.1, 0.15) is 53.0 Å². The number of esters is 1. The Kier molecular flexibility index (Phi) is 6.55. The van der Waals surface area contributed by atoms with Crippen molar-refractivity contribution in [3.05, 3.63) is 23.3 Å². The molecule has 0 radical (unpaired) electrons. The SMILES string of the molecule is COC(=O)C1O[C@@](C)(C(F)(F)F)[C@@H](C)[C@H]1c1cc(B2OC(C)(C)C(C)(C)O2)c(F)c(F)c1OC. The quantitative estimate of drug-likeness (QED) is 0.360. The van der Waals surface area contributed by atoms with E-state index in [1.54, 1.807) is 27.7 Å². The zero-order chi connectivity index (χ0) is 26.0. The number of benzene rings is 1. The molecule has 2 aliphatic heterocycles. The van der Waals surface area contributed by atoms with Gasteiger partial charge in [0, 0.05) is 22.9 Å². The Hall–Kier alpha value is -1.92. The molecule has 0 amide bonds. The summed E-state index contributed by atoms with van der Waals surface area (Å²) in [5.41, 5.74) is -5.12. The molecule has 1 aromatic carbocycles. The van der Waals surface area contributed by atoms with Gasteiger partial charge in [0.1, 0.15) is 0 Å². The molecule has 6 nitrogen and oxygen atoms in total. The Balaban J connectivity index is 2.22. The minimum Gasteiger partial charge on any atom is -0.493 e. The van der Waals surface area contributed by atoms with Crippen LogP contribution in [0.5, 0.6) is 5.75 Å². The van der Waals surface area contributed by atoms with E-state index in [1.165, 1.54) is 6.92 Å². The van der Waals surface area contributed by atoms with Gasteiger partial charge >= 0.3 is 19.3 Å². The number of carbonyl (C=O) groups is 1. The monoisotopic (exact) mass is 494 g/mol. The maximum atomic E-state index is 15.2. The average Bonchev–Trinajstić information content (AvgIpc) is 3.12. The fourth-order valence-corrected chi connectivity index (χ4v) is 4.36. The molecule has 190 valence electrons. The lowest BCUT2D eigenvalue weighted by atomic mass is 9.72. The fourth-order valence-electron chi connectivity index (χ4n) is 4.36. The van der Waals surface area contributed by atoms with Crippen LogP contribution < -0.4 is 10.2 Å². The lowest BCUT2D eigenvalue weighted by molar-refractivity contribution is -0.274. The first-order chi connectivity index (χ1) is 15.4. The van der Waals surface area contributed by atoms with Gasteiger partial charge in [-0.05, 0) is 34.6 Å². The average molecular weight is 494 g/mol. The summed E-state index contributed by atoms with van der Waals surface area (Å²) in [6.45, 7) is 8.86. The molecule has 0 aliphatic carbocycles. The Labute approximate surface area is 195 Å². The second kappa shape index (κ2) is 8.34. The van der Waals surface area contributed by atoms with Crippen LogP contribution in [0.4, 0.5) is 22.0 Å². The van der Waals surface area contributed by atoms with Gasteiger partial charge in [-0.15, -0.1) is 0 Å². The second-order valence-corrected chi connectivity index (χ2v) is 9.79. The highest BCUT2D eigenvalue weighted by Crippen LogP contribution is 2.55. The third kappa shape index (κ3) is 3.87. The van der Waals surface area contributed by atoms with E-state index >= 15 is 8.78 Å². The van der Waals surface area contributed by atoms with Gasteiger partial charge in [-0.1, -0.05) is 13.0 Å². The molecule has 3 rings (SSSR count). The summed E-state index contributed by atoms with van der Waals surface area (Å²) in [5, 5.41) is 0. The highest BCUT2D eigenvalue weighted by molar-refractivity contribution is 6.62. The van der Waals surface area contributed by atoms with Crippen molar-refractivity contribution in [1.29, 1.82) is 0 Å². The largest absolute Gasteiger partial charge is 0.497 e. The van der Waals surface area contributed by atoms with E-state index in [-0.39, 0.29) is 11.0 Å². The standard InChI is InChI=1S/C22H28BF5O6/c1-10-13(17(18(29)31-8)32-21(10,6)22(26,27)28)11-9-12(14(24)15(25)16(11)30-7)23-33-19(2,3)20(4,5)34-23/h9-10,13,17H,1-8H3/t10-,13-,17?,21+/m0/s1. The van der Waals surface area contributed by atoms with E-state index in [4.69, 9.17) is 18.8 Å². The number of ether oxygens (including phenoxy) is 3. The van der Waals surface area contributed by atoms with Crippen LogP contribution >= 0.6 is 0 Å². The summed E-state index contributed by atoms with van der Waals surface area (Å²) >= 11 is 0. The third-order valence-corrected chi connectivity index (χ3v) is 7.39. The summed E-state index contributed by atoms with van der Waals surface area (Å²) in [7, 11) is 0.689. The number of hydrogen-bond donors (Lipinski definition) is 0. The Morgan fingerprint density at radius 1 is 1.03 bits per heavy atom. The zero-order valence-corrected chi connectivity index (χ0v) is 20.2. The topological polar surface area (TPSA) is 63.2 Å². The summed E-state index contributed by atoms with van der Waals surface area (Å²) in [6, 6.07) is 1.11. The van der Waals surface area contributed by atoms with Gasteiger partial charge in [0.05, 0.1) is 25.4 Å². The molecule has 2 heterocycles. The molecule has 2 fully saturated rings. The maximum absolute atomic E-state index is 15.2. The lowest BCUT2D eigenvalue weighted by Gasteiger charge is -2.32. The maximum Gasteiger partial charge on any atom is 0.497 e. The molecule has 2 saturated heterocycles. The minimum absolute atomic E-state index is 0.193. The first-order valence-electron chi connectivity index (χ1n) is 10.7. The van der Waals surface area contributed by atoms with Crippen molar-refractivity contribution in [3.8, 4) is 5.75 Å². The van der Waals surface area contributed by atoms with Crippen LogP contribution in [0.25, 0.3) is 0 Å². The van der Waals surface area contributed by atoms with Gasteiger partial charge in [-0.25, -0.2) is 9.18 Å². The zero-order valence-electron chi connectivity index (χ0n) is 20.2. The number of halogens is 5. The van der Waals surface area contributed by atoms with Crippen LogP contribution in [0.15, 0.2) is 6.07 Å². The van der Waals surface area contributed by atoms with Crippen LogP contribution in [0.2, 0.25) is 0 Å². The number of alkyl halides is 3. The lowest BCUT2D eigenvalue weighted by Crippen LogP contribution is -2.47. The van der Waals surface area contributed by atoms with Gasteiger partial charge in [0.25, 0.3) is 0 Å². The second-order valence-electron chi connectivity index (χ2n) is 9.79. The molecule has 0 bridgehead atoms. The van der Waals surface area contributed by atoms with Crippen LogP contribution in [-0.2, 0) is 23.6 Å². The van der Waals surface area contributed by atoms with E-state index in [0.29, 0.717) is 0 Å². The first-order valence-corrected chi connectivity index (χ1v) is 10.7. The molecule has 12 heteroatoms. The highest BCUT2D eigenvalue weighted by atomic mass is 19.4. The molecule has 2 aliphatic rings. The van der Waals surface area contributed by atoms with E-state index in [9.17, 15) is 18.0 Å². The molecule has 0 aromatic heterocycles. The molecule has 0 saturated carbocycles. The van der Waals surface area contributed by atoms with Crippen molar-refractivity contribution in [2.45, 2.75) is 76.5 Å². The number of methoxy groups -OCH3 is 2. The normalized spacial score (nSPS) is 30.5. The molecule has 1 unspecified atom stereocenters. The van der Waals surface area contributed by atoms with Gasteiger partial charge in [0.2, 0.25) is 5.82 Å². The smallest absolute Gasteiger partial charge is 0.493 e. The van der Waals surface area contributed by atoms with Crippen molar-refractivity contribution >= 4 is 18.6 Å². The summed E-state index contributed by atoms with van der Waals surface area (Å²) in [5.74, 6) is -7.29. The van der Waals surface area contributed by atoms with Gasteiger partial charge in [0.15, 0.2) is 23.3 Å². The van der Waals surface area contributed by atoms with Crippen LogP contribution in [0.3, 0.4) is 0 Å². The molecule has 0 N–H and O–H groups in total. The highest BCUT2D eigenvalue weighted by Gasteiger charge is 2.66. The predicted octanol–water partition coefficient (Wildman–Crippen LogP) is 3.89. The third-order valence-electron chi connectivity index (χ3n) is 7.39. The Bertz CT molecular complexity index is 966. The number of carbonyl (C=O) groups excluding carboxylic acids is 1. The molecule has 34 heavy (non-hydrogen) atoms. The molecule has 0 spiro atoms. The summed E-state index contributed by atoms with van der Waals surface area (Å²) in [4.78, 5) is 12.4. The number of rotatable bonds is 4. The molecule has 1 aromatic rings. The first kappa shape index (κ1) is 26.7. The number of hydrogen-bond acceptors (Lipinski definition) is 6. The van der Waals surface area contributed by atoms with Crippen molar-refractivity contribution in [1.82, 2.24) is 0 Å². The van der Waals surface area contributed by atoms with E-state index in [1.807, 2.05) is 0 Å². The van der Waals surface area contributed by atoms with Crippen molar-refractivity contribution in [3.63, 3.8) is 0 Å². The van der Waals surface area contributed by atoms with Crippen LogP contribution in [0, 0.1) is 17.6 Å². The predicted molar refractivity (Wildman–Crippen MR) is 112 cm³/mol. The van der Waals surface area contributed by atoms with E-state index in [0.717, 1.165) is 27.2 Å². The summed E-state index contributed by atoms with van der Waals surface area (Å²) < 4.78 is 98.8. The van der Waals surface area contributed by atoms with Crippen LogP contribution in [-0.4, -0.2) is 56.4 Å². The minimum atomic E-state index is -4.87. The van der Waals surface area contributed by atoms with E-state index < -0.39 is 71.4 Å². The van der Waals surface area contributed by atoms with Gasteiger partial charge in [-0.2, -0.15) is 17.6 Å².